The van der Waals surface area contributed by atoms with Crippen LogP contribution in [0.3, 0.4) is 0 Å². The van der Waals surface area contributed by atoms with Gasteiger partial charge in [0.05, 0.1) is 24.2 Å². The summed E-state index contributed by atoms with van der Waals surface area (Å²) in [6.45, 7) is 5.36. The first kappa shape index (κ1) is 24.8. The Labute approximate surface area is 208 Å². The first-order valence-corrected chi connectivity index (χ1v) is 11.3. The lowest BCUT2D eigenvalue weighted by molar-refractivity contribution is 0.0635. The number of carbonyl (C=O) groups is 1. The van der Waals surface area contributed by atoms with Gasteiger partial charge >= 0.3 is 6.09 Å². The average Bonchev–Trinajstić information content (AvgIpc) is 3.19. The molecule has 1 amide bonds. The van der Waals surface area contributed by atoms with Crippen molar-refractivity contribution in [1.29, 1.82) is 0 Å². The summed E-state index contributed by atoms with van der Waals surface area (Å²) in [6, 6.07) is 12.2. The molecule has 9 nitrogen and oxygen atoms in total. The maximum Gasteiger partial charge on any atom is 0.412 e. The lowest BCUT2D eigenvalue weighted by Crippen LogP contribution is -2.27. The Bertz CT molecular complexity index is 1440. The van der Waals surface area contributed by atoms with E-state index in [0.29, 0.717) is 33.9 Å². The number of halogens is 1. The summed E-state index contributed by atoms with van der Waals surface area (Å²) in [5, 5.41) is 7.08. The molecular weight excluding hydrogens is 463 g/mol. The van der Waals surface area contributed by atoms with Crippen molar-refractivity contribution in [1.82, 2.24) is 14.6 Å². The van der Waals surface area contributed by atoms with Gasteiger partial charge in [0.15, 0.2) is 5.82 Å². The van der Waals surface area contributed by atoms with Gasteiger partial charge in [-0.2, -0.15) is 5.10 Å². The number of benzene rings is 2. The summed E-state index contributed by atoms with van der Waals surface area (Å²) in [4.78, 5) is 18.1. The molecule has 0 aliphatic heterocycles. The highest BCUT2D eigenvalue weighted by atomic mass is 19.1. The van der Waals surface area contributed by atoms with Crippen LogP contribution >= 0.6 is 0 Å². The highest BCUT2D eigenvalue weighted by Crippen LogP contribution is 2.38. The fraction of sp³-hybridized carbons (Fsp3) is 0.269. The van der Waals surface area contributed by atoms with Crippen LogP contribution in [-0.4, -0.2) is 47.5 Å². The Morgan fingerprint density at radius 3 is 2.47 bits per heavy atom. The van der Waals surface area contributed by atoms with Crippen molar-refractivity contribution in [3.8, 4) is 28.1 Å². The van der Waals surface area contributed by atoms with E-state index in [-0.39, 0.29) is 11.6 Å². The van der Waals surface area contributed by atoms with Crippen molar-refractivity contribution in [2.75, 3.05) is 37.2 Å². The summed E-state index contributed by atoms with van der Waals surface area (Å²) in [5.41, 5.74) is 9.86. The maximum atomic E-state index is 14.8. The van der Waals surface area contributed by atoms with Gasteiger partial charge in [-0.05, 0) is 56.7 Å². The lowest BCUT2D eigenvalue weighted by Gasteiger charge is -2.20. The molecule has 0 fully saturated rings. The zero-order valence-corrected chi connectivity index (χ0v) is 21.1. The van der Waals surface area contributed by atoms with E-state index in [1.807, 2.05) is 18.2 Å². The van der Waals surface area contributed by atoms with Gasteiger partial charge in [-0.25, -0.2) is 18.7 Å². The molecule has 0 atom stereocenters. The first-order valence-electron chi connectivity index (χ1n) is 11.3. The van der Waals surface area contributed by atoms with Crippen molar-refractivity contribution < 1.29 is 18.7 Å². The number of methoxy groups -OCH3 is 1. The molecule has 2 aromatic carbocycles. The maximum absolute atomic E-state index is 14.8. The minimum Gasteiger partial charge on any atom is -0.495 e. The molecule has 3 N–H and O–H groups in total. The number of hydrogen-bond donors (Lipinski definition) is 2. The molecule has 0 aliphatic carbocycles. The van der Waals surface area contributed by atoms with Gasteiger partial charge in [0.2, 0.25) is 0 Å². The van der Waals surface area contributed by atoms with Gasteiger partial charge in [-0.3, -0.25) is 5.32 Å². The van der Waals surface area contributed by atoms with E-state index in [0.717, 1.165) is 11.1 Å². The molecular formula is C26H29FN6O3. The van der Waals surface area contributed by atoms with E-state index in [1.165, 1.54) is 19.5 Å². The third kappa shape index (κ3) is 4.88. The minimum absolute atomic E-state index is 0.270. The first-order chi connectivity index (χ1) is 17.0. The van der Waals surface area contributed by atoms with E-state index in [2.05, 4.69) is 15.4 Å². The molecule has 0 spiro atoms. The highest BCUT2D eigenvalue weighted by molar-refractivity contribution is 5.94. The summed E-state index contributed by atoms with van der Waals surface area (Å²) in [6.07, 6.45) is 0.764. The molecule has 10 heteroatoms. The van der Waals surface area contributed by atoms with E-state index in [1.54, 1.807) is 62.5 Å². The van der Waals surface area contributed by atoms with Gasteiger partial charge in [-0.1, -0.05) is 12.1 Å². The Kier molecular flexibility index (Phi) is 6.45. The topological polar surface area (TPSA) is 107 Å². The minimum atomic E-state index is -0.638. The number of nitrogens with one attached hydrogen (secondary N) is 1. The molecule has 0 saturated carbocycles. The normalized spacial score (nSPS) is 11.4. The standard InChI is InChI=1S/C26H29FN6O3/c1-26(2,3)36-25(34)31-19-9-7-15(12-22(19)35-6)17-13-21(33-23(17)24(28)29-14-30-33)16-8-10-20(32(4)5)18(27)11-16/h7-14H,1-6H3,(H,31,34)(H2,28,29,30). The van der Waals surface area contributed by atoms with Crippen molar-refractivity contribution in [3.05, 3.63) is 54.6 Å². The number of nitrogens with two attached hydrogens (primary N) is 1. The van der Waals surface area contributed by atoms with Gasteiger partial charge < -0.3 is 20.1 Å². The second-order valence-electron chi connectivity index (χ2n) is 9.45. The molecule has 0 saturated heterocycles. The molecule has 0 radical (unpaired) electrons. The molecule has 4 aromatic rings. The van der Waals surface area contributed by atoms with Crippen molar-refractivity contribution in [3.63, 3.8) is 0 Å². The zero-order chi connectivity index (χ0) is 26.2. The van der Waals surface area contributed by atoms with Crippen molar-refractivity contribution in [2.45, 2.75) is 26.4 Å². The van der Waals surface area contributed by atoms with E-state index in [9.17, 15) is 9.18 Å². The quantitative estimate of drug-likeness (QED) is 0.394. The molecule has 0 unspecified atom stereocenters. The van der Waals surface area contributed by atoms with Crippen LogP contribution in [-0.2, 0) is 4.74 Å². The van der Waals surface area contributed by atoms with Gasteiger partial charge in [0.1, 0.15) is 29.0 Å². The number of nitrogens with zero attached hydrogens (tertiary/aromatic N) is 4. The summed E-state index contributed by atoms with van der Waals surface area (Å²) >= 11 is 0. The van der Waals surface area contributed by atoms with Crippen molar-refractivity contribution in [2.24, 2.45) is 0 Å². The van der Waals surface area contributed by atoms with Crippen LogP contribution in [0.25, 0.3) is 27.9 Å². The van der Waals surface area contributed by atoms with E-state index >= 15 is 0 Å². The second kappa shape index (κ2) is 9.37. The lowest BCUT2D eigenvalue weighted by atomic mass is 10.0. The van der Waals surface area contributed by atoms with Crippen LogP contribution in [0.15, 0.2) is 48.8 Å². The highest BCUT2D eigenvalue weighted by Gasteiger charge is 2.21. The van der Waals surface area contributed by atoms with Crippen LogP contribution in [0.5, 0.6) is 5.75 Å². The molecule has 0 aliphatic rings. The average molecular weight is 493 g/mol. The number of rotatable bonds is 5. The van der Waals surface area contributed by atoms with E-state index < -0.39 is 11.7 Å². The van der Waals surface area contributed by atoms with Gasteiger partial charge in [-0.15, -0.1) is 0 Å². The third-order valence-corrected chi connectivity index (χ3v) is 5.46. The summed E-state index contributed by atoms with van der Waals surface area (Å²) in [5.74, 6) is 0.345. The van der Waals surface area contributed by atoms with Gasteiger partial charge in [0, 0.05) is 25.2 Å². The number of nitrogen functional groups attached to an aromatic ring is 1. The second-order valence-corrected chi connectivity index (χ2v) is 9.45. The van der Waals surface area contributed by atoms with Crippen LogP contribution in [0.1, 0.15) is 20.8 Å². The molecule has 36 heavy (non-hydrogen) atoms. The molecule has 2 aromatic heterocycles. The smallest absolute Gasteiger partial charge is 0.412 e. The third-order valence-electron chi connectivity index (χ3n) is 5.46. The molecule has 0 bridgehead atoms. The fourth-order valence-corrected chi connectivity index (χ4v) is 3.90. The number of carbonyl (C=O) groups excluding carboxylic acids is 1. The number of hydrogen-bond acceptors (Lipinski definition) is 7. The Hall–Kier alpha value is -4.34. The molecule has 2 heterocycles. The molecule has 4 rings (SSSR count). The van der Waals surface area contributed by atoms with Gasteiger partial charge in [0.25, 0.3) is 0 Å². The molecule has 188 valence electrons. The van der Waals surface area contributed by atoms with Crippen LogP contribution < -0.4 is 20.7 Å². The largest absolute Gasteiger partial charge is 0.495 e. The SMILES string of the molecule is COc1cc(-c2cc(-c3ccc(N(C)C)c(F)c3)n3ncnc(N)c23)ccc1NC(=O)OC(C)(C)C. The van der Waals surface area contributed by atoms with Crippen LogP contribution in [0, 0.1) is 5.82 Å². The Balaban J connectivity index is 1.80. The predicted octanol–water partition coefficient (Wildman–Crippen LogP) is 5.21. The Morgan fingerprint density at radius 1 is 1.11 bits per heavy atom. The number of amides is 1. The number of ether oxygens (including phenoxy) is 2. The zero-order valence-electron chi connectivity index (χ0n) is 21.1. The number of anilines is 3. The monoisotopic (exact) mass is 492 g/mol. The number of aromatic nitrogens is 3. The van der Waals surface area contributed by atoms with E-state index in [4.69, 9.17) is 15.2 Å². The Morgan fingerprint density at radius 2 is 1.83 bits per heavy atom. The predicted molar refractivity (Wildman–Crippen MR) is 139 cm³/mol. The van der Waals surface area contributed by atoms with Crippen LogP contribution in [0.2, 0.25) is 0 Å². The summed E-state index contributed by atoms with van der Waals surface area (Å²) in [7, 11) is 5.08. The number of fused-ring (bicyclic) bond motifs is 1. The van der Waals surface area contributed by atoms with Crippen molar-refractivity contribution >= 4 is 28.8 Å². The fourth-order valence-electron chi connectivity index (χ4n) is 3.90. The summed E-state index contributed by atoms with van der Waals surface area (Å²) < 4.78 is 27.3. The van der Waals surface area contributed by atoms with Crippen LogP contribution in [0.4, 0.5) is 26.4 Å².